The highest BCUT2D eigenvalue weighted by Crippen LogP contribution is 2.49. The Morgan fingerprint density at radius 1 is 1.15 bits per heavy atom. The largest absolute Gasteiger partial charge is 0.393 e. The second kappa shape index (κ2) is 9.54. The van der Waals surface area contributed by atoms with Crippen LogP contribution in [0.3, 0.4) is 0 Å². The van der Waals surface area contributed by atoms with E-state index in [0.29, 0.717) is 17.0 Å². The van der Waals surface area contributed by atoms with Gasteiger partial charge in [0.15, 0.2) is 0 Å². The molecule has 0 aliphatic carbocycles. The van der Waals surface area contributed by atoms with Gasteiger partial charge in [0.05, 0.1) is 18.9 Å². The van der Waals surface area contributed by atoms with Gasteiger partial charge >= 0.3 is 0 Å². The standard InChI is InChI=1S/C25H30ClNO7/c1-14(2)33-27-15(3)17-6-4-16(5-7-17)10-18-11-19(8-9-20(18)26)25-23(31)21(29)22(30)24(12-28,34-25)13-32-25/h4-9,11,14,21-23,28-31H,10,12-13H2,1-3H3/t21-,22-,23+,24-,25-/m0/s1. The summed E-state index contributed by atoms with van der Waals surface area (Å²) in [5.41, 5.74) is 2.38. The fraction of sp³-hybridized carbons (Fsp3) is 0.480. The van der Waals surface area contributed by atoms with Gasteiger partial charge < -0.3 is 34.7 Å². The van der Waals surface area contributed by atoms with E-state index in [0.717, 1.165) is 22.4 Å². The third-order valence-electron chi connectivity index (χ3n) is 6.34. The van der Waals surface area contributed by atoms with Gasteiger partial charge in [0, 0.05) is 10.6 Å². The average molecular weight is 492 g/mol. The Hall–Kier alpha value is -2.04. The predicted octanol–water partition coefficient (Wildman–Crippen LogP) is 2.11. The van der Waals surface area contributed by atoms with Crippen LogP contribution in [0.2, 0.25) is 5.02 Å². The highest BCUT2D eigenvalue weighted by molar-refractivity contribution is 6.31. The fourth-order valence-electron chi connectivity index (χ4n) is 4.32. The normalized spacial score (nSPS) is 31.2. The van der Waals surface area contributed by atoms with Crippen LogP contribution in [0.25, 0.3) is 0 Å². The van der Waals surface area contributed by atoms with E-state index in [-0.39, 0.29) is 12.7 Å². The molecule has 8 nitrogen and oxygen atoms in total. The molecular formula is C25H30ClNO7. The SMILES string of the molecule is CC(=NOC(C)C)c1ccc(Cc2cc([C@]34OC[C@](CO)(O3)[C@@H](O)[C@H](O)[C@H]4O)ccc2Cl)cc1. The van der Waals surface area contributed by atoms with Gasteiger partial charge in [0.2, 0.25) is 5.79 Å². The van der Waals surface area contributed by atoms with Crippen LogP contribution in [0.1, 0.15) is 43.0 Å². The number of rotatable bonds is 7. The van der Waals surface area contributed by atoms with Crippen molar-refractivity contribution < 1.29 is 34.7 Å². The van der Waals surface area contributed by atoms with E-state index in [1.807, 2.05) is 45.0 Å². The van der Waals surface area contributed by atoms with Gasteiger partial charge in [-0.15, -0.1) is 0 Å². The summed E-state index contributed by atoms with van der Waals surface area (Å²) >= 11 is 6.47. The molecular weight excluding hydrogens is 462 g/mol. The number of hydrogen-bond acceptors (Lipinski definition) is 8. The van der Waals surface area contributed by atoms with E-state index in [1.165, 1.54) is 0 Å². The number of benzene rings is 2. The van der Waals surface area contributed by atoms with E-state index >= 15 is 0 Å². The molecule has 0 spiro atoms. The van der Waals surface area contributed by atoms with Crippen molar-refractivity contribution in [1.29, 1.82) is 0 Å². The summed E-state index contributed by atoms with van der Waals surface area (Å²) in [6, 6.07) is 12.9. The zero-order chi connectivity index (χ0) is 24.7. The highest BCUT2D eigenvalue weighted by atomic mass is 35.5. The monoisotopic (exact) mass is 491 g/mol. The van der Waals surface area contributed by atoms with Crippen molar-refractivity contribution in [2.45, 2.75) is 63.0 Å². The first-order valence-corrected chi connectivity index (χ1v) is 11.6. The molecule has 34 heavy (non-hydrogen) atoms. The number of oxime groups is 1. The summed E-state index contributed by atoms with van der Waals surface area (Å²) in [6.07, 6.45) is -4.11. The first kappa shape index (κ1) is 25.1. The van der Waals surface area contributed by atoms with Crippen LogP contribution >= 0.6 is 11.6 Å². The van der Waals surface area contributed by atoms with Gasteiger partial charge in [-0.2, -0.15) is 0 Å². The van der Waals surface area contributed by atoms with Crippen molar-refractivity contribution in [2.24, 2.45) is 5.16 Å². The minimum atomic E-state index is -1.73. The van der Waals surface area contributed by atoms with Crippen molar-refractivity contribution >= 4 is 17.3 Å². The van der Waals surface area contributed by atoms with Crippen molar-refractivity contribution in [3.05, 3.63) is 69.7 Å². The second-order valence-corrected chi connectivity index (χ2v) is 9.58. The Bertz CT molecular complexity index is 1060. The van der Waals surface area contributed by atoms with Crippen LogP contribution in [-0.4, -0.2) is 69.4 Å². The van der Waals surface area contributed by atoms with Crippen LogP contribution in [0.4, 0.5) is 0 Å². The number of ether oxygens (including phenoxy) is 2. The molecule has 2 aromatic rings. The molecule has 2 aliphatic rings. The molecule has 0 saturated carbocycles. The first-order valence-electron chi connectivity index (χ1n) is 11.2. The number of nitrogens with zero attached hydrogens (tertiary/aromatic N) is 1. The Kier molecular flexibility index (Phi) is 7.04. The van der Waals surface area contributed by atoms with E-state index in [1.54, 1.807) is 18.2 Å². The maximum absolute atomic E-state index is 10.8. The van der Waals surface area contributed by atoms with E-state index in [4.69, 9.17) is 25.9 Å². The Labute approximate surface area is 203 Å². The van der Waals surface area contributed by atoms with Crippen LogP contribution < -0.4 is 0 Å². The van der Waals surface area contributed by atoms with E-state index < -0.39 is 36.3 Å². The molecule has 2 saturated heterocycles. The summed E-state index contributed by atoms with van der Waals surface area (Å²) in [4.78, 5) is 5.31. The summed E-state index contributed by atoms with van der Waals surface area (Å²) in [5, 5.41) is 46.0. The summed E-state index contributed by atoms with van der Waals surface area (Å²) < 4.78 is 11.7. The number of fused-ring (bicyclic) bond motifs is 2. The van der Waals surface area contributed by atoms with Crippen molar-refractivity contribution in [3.8, 4) is 0 Å². The molecule has 2 aliphatic heterocycles. The van der Waals surface area contributed by atoms with Crippen LogP contribution in [0, 0.1) is 0 Å². The molecule has 0 aromatic heterocycles. The third kappa shape index (κ3) is 4.35. The maximum atomic E-state index is 10.8. The van der Waals surface area contributed by atoms with E-state index in [9.17, 15) is 20.4 Å². The molecule has 0 radical (unpaired) electrons. The number of hydrogen-bond donors (Lipinski definition) is 4. The molecule has 2 aromatic carbocycles. The molecule has 2 bridgehead atoms. The molecule has 9 heteroatoms. The molecule has 5 atom stereocenters. The van der Waals surface area contributed by atoms with Gasteiger partial charge in [-0.3, -0.25) is 0 Å². The van der Waals surface area contributed by atoms with Crippen molar-refractivity contribution in [1.82, 2.24) is 0 Å². The van der Waals surface area contributed by atoms with Crippen molar-refractivity contribution in [2.75, 3.05) is 13.2 Å². The lowest BCUT2D eigenvalue weighted by Crippen LogP contribution is -2.65. The minimum Gasteiger partial charge on any atom is -0.393 e. The predicted molar refractivity (Wildman–Crippen MR) is 126 cm³/mol. The lowest BCUT2D eigenvalue weighted by atomic mass is 9.83. The highest BCUT2D eigenvalue weighted by Gasteiger charge is 2.67. The smallest absolute Gasteiger partial charge is 0.225 e. The molecule has 4 rings (SSSR count). The zero-order valence-corrected chi connectivity index (χ0v) is 20.1. The van der Waals surface area contributed by atoms with Gasteiger partial charge in [-0.1, -0.05) is 47.1 Å². The quantitative estimate of drug-likeness (QED) is 0.346. The molecule has 2 heterocycles. The van der Waals surface area contributed by atoms with Crippen LogP contribution in [-0.2, 0) is 26.5 Å². The maximum Gasteiger partial charge on any atom is 0.225 e. The van der Waals surface area contributed by atoms with Gasteiger partial charge in [-0.05, 0) is 56.0 Å². The van der Waals surface area contributed by atoms with Gasteiger partial charge in [0.25, 0.3) is 0 Å². The summed E-state index contributed by atoms with van der Waals surface area (Å²) in [6.45, 7) is 4.96. The van der Waals surface area contributed by atoms with Gasteiger partial charge in [0.1, 0.15) is 30.0 Å². The lowest BCUT2D eigenvalue weighted by Gasteiger charge is -2.46. The second-order valence-electron chi connectivity index (χ2n) is 9.17. The number of halogens is 1. The summed E-state index contributed by atoms with van der Waals surface area (Å²) in [5.74, 6) is -1.73. The third-order valence-corrected chi connectivity index (χ3v) is 6.71. The zero-order valence-electron chi connectivity index (χ0n) is 19.3. The Balaban J connectivity index is 1.59. The molecule has 184 valence electrons. The first-order chi connectivity index (χ1) is 16.1. The Morgan fingerprint density at radius 3 is 2.50 bits per heavy atom. The number of aliphatic hydroxyl groups excluding tert-OH is 4. The van der Waals surface area contributed by atoms with Crippen LogP contribution in [0.15, 0.2) is 47.6 Å². The Morgan fingerprint density at radius 2 is 1.85 bits per heavy atom. The average Bonchev–Trinajstić information content (AvgIpc) is 3.22. The van der Waals surface area contributed by atoms with E-state index in [2.05, 4.69) is 5.16 Å². The molecule has 0 unspecified atom stereocenters. The minimum absolute atomic E-state index is 0.00512. The summed E-state index contributed by atoms with van der Waals surface area (Å²) in [7, 11) is 0. The number of aliphatic hydroxyl groups is 4. The fourth-order valence-corrected chi connectivity index (χ4v) is 4.51. The van der Waals surface area contributed by atoms with Crippen LogP contribution in [0.5, 0.6) is 0 Å². The molecule has 2 fully saturated rings. The lowest BCUT2D eigenvalue weighted by molar-refractivity contribution is -0.329. The molecule has 0 amide bonds. The van der Waals surface area contributed by atoms with Gasteiger partial charge in [-0.25, -0.2) is 0 Å². The molecule has 4 N–H and O–H groups in total. The van der Waals surface area contributed by atoms with Crippen molar-refractivity contribution in [3.63, 3.8) is 0 Å². The topological polar surface area (TPSA) is 121 Å².